The van der Waals surface area contributed by atoms with Gasteiger partial charge in [-0.25, -0.2) is 0 Å². The van der Waals surface area contributed by atoms with Crippen LogP contribution in [-0.2, 0) is 19.7 Å². The highest BCUT2D eigenvalue weighted by atomic mass is 35.5. The molecule has 1 saturated carbocycles. The van der Waals surface area contributed by atoms with Crippen LogP contribution in [0.5, 0.6) is 0 Å². The smallest absolute Gasteiger partial charge is 0.307 e. The highest BCUT2D eigenvalue weighted by Gasteiger charge is 2.40. The second-order valence-corrected chi connectivity index (χ2v) is 9.54. The Hall–Kier alpha value is -2.07. The molecular formula is C26H34ClNO3. The monoisotopic (exact) mass is 443 g/mol. The van der Waals surface area contributed by atoms with Gasteiger partial charge in [0, 0.05) is 29.6 Å². The Labute approximate surface area is 191 Å². The average molecular weight is 444 g/mol. The summed E-state index contributed by atoms with van der Waals surface area (Å²) in [6, 6.07) is 6.23. The molecule has 4 nitrogen and oxygen atoms in total. The molecule has 0 saturated heterocycles. The number of hydrogen-bond acceptors (Lipinski definition) is 3. The van der Waals surface area contributed by atoms with Gasteiger partial charge in [0.1, 0.15) is 0 Å². The van der Waals surface area contributed by atoms with Gasteiger partial charge >= 0.3 is 5.97 Å². The molecule has 3 rings (SSSR count). The van der Waals surface area contributed by atoms with Crippen molar-refractivity contribution in [2.24, 2.45) is 5.92 Å². The molecule has 0 aromatic heterocycles. The van der Waals surface area contributed by atoms with E-state index < -0.39 is 5.41 Å². The SMILES string of the molecule is CCOC(=O)CCN1C=C(C(C)C)[C@](C)(c2ccc(C=C3CCCC3)c(Cl)c2)CC1=O. The van der Waals surface area contributed by atoms with Crippen LogP contribution >= 0.6 is 11.6 Å². The normalized spacial score (nSPS) is 21.5. The molecule has 1 amide bonds. The summed E-state index contributed by atoms with van der Waals surface area (Å²) in [7, 11) is 0. The van der Waals surface area contributed by atoms with Crippen LogP contribution in [0.1, 0.15) is 77.3 Å². The van der Waals surface area contributed by atoms with Gasteiger partial charge in [0.05, 0.1) is 13.0 Å². The lowest BCUT2D eigenvalue weighted by molar-refractivity contribution is -0.143. The summed E-state index contributed by atoms with van der Waals surface area (Å²) in [5.74, 6) is -0.00592. The van der Waals surface area contributed by atoms with Crippen molar-refractivity contribution < 1.29 is 14.3 Å². The highest BCUT2D eigenvalue weighted by molar-refractivity contribution is 6.32. The van der Waals surface area contributed by atoms with Crippen LogP contribution in [0.15, 0.2) is 35.5 Å². The highest BCUT2D eigenvalue weighted by Crippen LogP contribution is 2.44. The number of nitrogens with zero attached hydrogens (tertiary/aromatic N) is 1. The van der Waals surface area contributed by atoms with Crippen molar-refractivity contribution in [1.82, 2.24) is 4.90 Å². The number of amides is 1. The Kier molecular flexibility index (Phi) is 7.64. The molecule has 168 valence electrons. The minimum atomic E-state index is -0.422. The van der Waals surface area contributed by atoms with Crippen LogP contribution in [0.4, 0.5) is 0 Å². The molecule has 0 radical (unpaired) electrons. The van der Waals surface area contributed by atoms with Crippen LogP contribution in [0.2, 0.25) is 5.02 Å². The van der Waals surface area contributed by atoms with Gasteiger partial charge in [-0.05, 0) is 61.3 Å². The number of benzene rings is 1. The van der Waals surface area contributed by atoms with Crippen molar-refractivity contribution in [3.8, 4) is 0 Å². The van der Waals surface area contributed by atoms with Crippen molar-refractivity contribution in [3.63, 3.8) is 0 Å². The van der Waals surface area contributed by atoms with E-state index >= 15 is 0 Å². The van der Waals surface area contributed by atoms with Crippen molar-refractivity contribution in [2.75, 3.05) is 13.2 Å². The molecule has 0 spiro atoms. The molecule has 1 aliphatic carbocycles. The van der Waals surface area contributed by atoms with E-state index in [-0.39, 0.29) is 24.2 Å². The van der Waals surface area contributed by atoms with Gasteiger partial charge in [0.25, 0.3) is 0 Å². The molecule has 31 heavy (non-hydrogen) atoms. The number of carbonyl (C=O) groups excluding carboxylic acids is 2. The summed E-state index contributed by atoms with van der Waals surface area (Å²) < 4.78 is 5.01. The predicted molar refractivity (Wildman–Crippen MR) is 126 cm³/mol. The van der Waals surface area contributed by atoms with Crippen LogP contribution in [0, 0.1) is 5.92 Å². The maximum absolute atomic E-state index is 13.0. The Morgan fingerprint density at radius 2 is 2.00 bits per heavy atom. The zero-order valence-corrected chi connectivity index (χ0v) is 19.9. The molecule has 1 atom stereocenters. The van der Waals surface area contributed by atoms with E-state index in [1.807, 2.05) is 12.3 Å². The van der Waals surface area contributed by atoms with Crippen LogP contribution in [-0.4, -0.2) is 29.9 Å². The number of hydrogen-bond donors (Lipinski definition) is 0. The quantitative estimate of drug-likeness (QED) is 0.466. The van der Waals surface area contributed by atoms with E-state index in [2.05, 4.69) is 39.0 Å². The van der Waals surface area contributed by atoms with Crippen molar-refractivity contribution >= 4 is 29.6 Å². The molecule has 5 heteroatoms. The van der Waals surface area contributed by atoms with Crippen LogP contribution < -0.4 is 0 Å². The first-order chi connectivity index (χ1) is 14.7. The van der Waals surface area contributed by atoms with Crippen molar-refractivity contribution in [1.29, 1.82) is 0 Å². The lowest BCUT2D eigenvalue weighted by Gasteiger charge is -2.41. The molecular weight excluding hydrogens is 410 g/mol. The van der Waals surface area contributed by atoms with Crippen molar-refractivity contribution in [2.45, 2.75) is 71.6 Å². The van der Waals surface area contributed by atoms with Gasteiger partial charge < -0.3 is 9.64 Å². The number of ether oxygens (including phenoxy) is 1. The summed E-state index contributed by atoms with van der Waals surface area (Å²) >= 11 is 6.68. The summed E-state index contributed by atoms with van der Waals surface area (Å²) in [5.41, 5.74) is 4.33. The van der Waals surface area contributed by atoms with Crippen LogP contribution in [0.3, 0.4) is 0 Å². The third-order valence-electron chi connectivity index (χ3n) is 6.48. The second kappa shape index (κ2) is 10.0. The lowest BCUT2D eigenvalue weighted by atomic mass is 9.68. The number of carbonyl (C=O) groups is 2. The largest absolute Gasteiger partial charge is 0.466 e. The van der Waals surface area contributed by atoms with Gasteiger partial charge in [-0.1, -0.05) is 56.2 Å². The second-order valence-electron chi connectivity index (χ2n) is 9.14. The minimum Gasteiger partial charge on any atom is -0.466 e. The third kappa shape index (κ3) is 5.41. The molecule has 1 fully saturated rings. The molecule has 1 aliphatic heterocycles. The van der Waals surface area contributed by atoms with Gasteiger partial charge in [-0.3, -0.25) is 9.59 Å². The van der Waals surface area contributed by atoms with E-state index in [1.54, 1.807) is 11.8 Å². The maximum atomic E-state index is 13.0. The lowest BCUT2D eigenvalue weighted by Crippen LogP contribution is -2.42. The number of allylic oxidation sites excluding steroid dienone is 2. The number of esters is 1. The Bertz CT molecular complexity index is 894. The summed E-state index contributed by atoms with van der Waals surface area (Å²) in [5, 5.41) is 0.735. The van der Waals surface area contributed by atoms with Gasteiger partial charge in [0.15, 0.2) is 0 Å². The van der Waals surface area contributed by atoms with Crippen molar-refractivity contribution in [3.05, 3.63) is 51.7 Å². The summed E-state index contributed by atoms with van der Waals surface area (Å²) in [6.45, 7) is 8.89. The van der Waals surface area contributed by atoms with Crippen LogP contribution in [0.25, 0.3) is 6.08 Å². The Morgan fingerprint density at radius 3 is 2.61 bits per heavy atom. The Balaban J connectivity index is 1.88. The fourth-order valence-corrected chi connectivity index (χ4v) is 4.99. The molecule has 0 unspecified atom stereocenters. The Morgan fingerprint density at radius 1 is 1.29 bits per heavy atom. The summed E-state index contributed by atoms with van der Waals surface area (Å²) in [4.78, 5) is 26.4. The first kappa shape index (κ1) is 23.6. The molecule has 0 bridgehead atoms. The van der Waals surface area contributed by atoms with E-state index in [0.29, 0.717) is 19.6 Å². The molecule has 1 aromatic rings. The average Bonchev–Trinajstić information content (AvgIpc) is 3.22. The van der Waals surface area contributed by atoms with Gasteiger partial charge in [0.2, 0.25) is 5.91 Å². The number of halogens is 1. The van der Waals surface area contributed by atoms with E-state index in [1.165, 1.54) is 24.0 Å². The molecule has 0 N–H and O–H groups in total. The van der Waals surface area contributed by atoms with E-state index in [0.717, 1.165) is 29.0 Å². The summed E-state index contributed by atoms with van der Waals surface area (Å²) in [6.07, 6.45) is 9.57. The predicted octanol–water partition coefficient (Wildman–Crippen LogP) is 6.28. The fourth-order valence-electron chi connectivity index (χ4n) is 4.76. The molecule has 1 aromatic carbocycles. The van der Waals surface area contributed by atoms with E-state index in [9.17, 15) is 9.59 Å². The van der Waals surface area contributed by atoms with E-state index in [4.69, 9.17) is 16.3 Å². The molecule has 2 aliphatic rings. The third-order valence-corrected chi connectivity index (χ3v) is 6.81. The topological polar surface area (TPSA) is 46.6 Å². The first-order valence-corrected chi connectivity index (χ1v) is 11.8. The zero-order valence-electron chi connectivity index (χ0n) is 19.2. The standard InChI is InChI=1S/C26H34ClNO3/c1-5-31-25(30)12-13-28-17-22(18(2)3)26(4,16-24(28)29)21-11-10-20(23(27)15-21)14-19-8-6-7-9-19/h10-11,14-15,17-18H,5-9,12-13,16H2,1-4H3/t26-/m0/s1. The first-order valence-electron chi connectivity index (χ1n) is 11.4. The minimum absolute atomic E-state index is 0.0180. The zero-order chi connectivity index (χ0) is 22.6. The van der Waals surface area contributed by atoms with Gasteiger partial charge in [-0.15, -0.1) is 0 Å². The van der Waals surface area contributed by atoms with Gasteiger partial charge in [-0.2, -0.15) is 0 Å². The fraction of sp³-hybridized carbons (Fsp3) is 0.538. The number of rotatable bonds is 7. The molecule has 1 heterocycles. The maximum Gasteiger partial charge on any atom is 0.307 e.